The fraction of sp³-hybridized carbons (Fsp3) is 0.200. The highest BCUT2D eigenvalue weighted by Gasteiger charge is 2.03. The predicted octanol–water partition coefficient (Wildman–Crippen LogP) is 2.04. The van der Waals surface area contributed by atoms with Crippen LogP contribution in [-0.2, 0) is 4.79 Å². The Labute approximate surface area is 95.5 Å². The number of aromatic nitrogens is 1. The number of rotatable bonds is 2. The first-order valence-corrected chi connectivity index (χ1v) is 5.12. The van der Waals surface area contributed by atoms with Gasteiger partial charge in [0.1, 0.15) is 5.69 Å². The van der Waals surface area contributed by atoms with Crippen molar-refractivity contribution in [2.75, 3.05) is 5.32 Å². The van der Waals surface area contributed by atoms with Crippen LogP contribution in [0.1, 0.15) is 13.8 Å². The summed E-state index contributed by atoms with van der Waals surface area (Å²) < 4.78 is 0.703. The van der Waals surface area contributed by atoms with E-state index < -0.39 is 0 Å². The molecule has 0 spiro atoms. The van der Waals surface area contributed by atoms with E-state index in [1.165, 1.54) is 12.3 Å². The molecule has 0 aromatic carbocycles. The van der Waals surface area contributed by atoms with E-state index in [4.69, 9.17) is 0 Å². The van der Waals surface area contributed by atoms with Crippen LogP contribution in [0.3, 0.4) is 0 Å². The van der Waals surface area contributed by atoms with Crippen LogP contribution >= 0.6 is 15.9 Å². The molecule has 0 bridgehead atoms. The van der Waals surface area contributed by atoms with Crippen molar-refractivity contribution in [2.24, 2.45) is 0 Å². The number of hydrogen-bond donors (Lipinski definition) is 2. The smallest absolute Gasteiger partial charge is 0.271 e. The molecule has 0 fully saturated rings. The molecule has 1 rings (SSSR count). The highest BCUT2D eigenvalue weighted by Crippen LogP contribution is 2.10. The van der Waals surface area contributed by atoms with E-state index >= 15 is 0 Å². The first-order valence-electron chi connectivity index (χ1n) is 4.33. The molecule has 0 unspecified atom stereocenters. The van der Waals surface area contributed by atoms with E-state index in [0.717, 1.165) is 5.57 Å². The van der Waals surface area contributed by atoms with Gasteiger partial charge in [-0.1, -0.05) is 5.57 Å². The van der Waals surface area contributed by atoms with E-state index in [9.17, 15) is 9.59 Å². The van der Waals surface area contributed by atoms with Crippen molar-refractivity contribution < 1.29 is 4.79 Å². The number of pyridine rings is 1. The minimum Gasteiger partial charge on any atom is -0.326 e. The second-order valence-corrected chi connectivity index (χ2v) is 4.19. The van der Waals surface area contributed by atoms with Crippen LogP contribution in [0.15, 0.2) is 33.2 Å². The van der Waals surface area contributed by atoms with Gasteiger partial charge in [0.15, 0.2) is 0 Å². The van der Waals surface area contributed by atoms with E-state index in [1.807, 2.05) is 13.8 Å². The lowest BCUT2D eigenvalue weighted by molar-refractivity contribution is -0.111. The number of nitrogens with one attached hydrogen (secondary N) is 2. The Bertz CT molecular complexity index is 459. The van der Waals surface area contributed by atoms with Gasteiger partial charge in [-0.05, 0) is 35.8 Å². The predicted molar refractivity (Wildman–Crippen MR) is 62.8 cm³/mol. The van der Waals surface area contributed by atoms with E-state index in [2.05, 4.69) is 26.2 Å². The normalized spacial score (nSPS) is 9.53. The van der Waals surface area contributed by atoms with Gasteiger partial charge in [-0.15, -0.1) is 0 Å². The van der Waals surface area contributed by atoms with E-state index in [0.29, 0.717) is 4.47 Å². The quantitative estimate of drug-likeness (QED) is 0.808. The molecule has 80 valence electrons. The molecule has 1 heterocycles. The second kappa shape index (κ2) is 4.93. The largest absolute Gasteiger partial charge is 0.326 e. The zero-order valence-electron chi connectivity index (χ0n) is 8.43. The first kappa shape index (κ1) is 11.7. The Balaban J connectivity index is 2.90. The highest BCUT2D eigenvalue weighted by atomic mass is 79.9. The number of allylic oxidation sites excluding steroid dienone is 1. The number of aromatic amines is 1. The fourth-order valence-electron chi connectivity index (χ4n) is 0.981. The highest BCUT2D eigenvalue weighted by molar-refractivity contribution is 9.10. The summed E-state index contributed by atoms with van der Waals surface area (Å²) >= 11 is 3.20. The molecule has 0 aliphatic carbocycles. The number of carbonyl (C=O) groups excluding carboxylic acids is 1. The minimum absolute atomic E-state index is 0.229. The van der Waals surface area contributed by atoms with Gasteiger partial charge in [-0.25, -0.2) is 0 Å². The monoisotopic (exact) mass is 270 g/mol. The molecule has 0 atom stereocenters. The van der Waals surface area contributed by atoms with Crippen molar-refractivity contribution in [2.45, 2.75) is 13.8 Å². The number of anilines is 1. The lowest BCUT2D eigenvalue weighted by Crippen LogP contribution is -2.17. The average Bonchev–Trinajstić information content (AvgIpc) is 2.10. The molecule has 1 amide bonds. The Morgan fingerprint density at radius 3 is 2.80 bits per heavy atom. The summed E-state index contributed by atoms with van der Waals surface area (Å²) in [6.45, 7) is 3.62. The van der Waals surface area contributed by atoms with Gasteiger partial charge in [-0.2, -0.15) is 0 Å². The average molecular weight is 271 g/mol. The Kier molecular flexibility index (Phi) is 3.85. The molecule has 15 heavy (non-hydrogen) atoms. The number of hydrogen-bond acceptors (Lipinski definition) is 2. The van der Waals surface area contributed by atoms with Crippen LogP contribution in [0.25, 0.3) is 0 Å². The van der Waals surface area contributed by atoms with Crippen LogP contribution < -0.4 is 10.9 Å². The summed E-state index contributed by atoms with van der Waals surface area (Å²) in [7, 11) is 0. The van der Waals surface area contributed by atoms with Crippen molar-refractivity contribution in [1.29, 1.82) is 0 Å². The molecule has 0 saturated carbocycles. The van der Waals surface area contributed by atoms with Gasteiger partial charge in [0.25, 0.3) is 5.56 Å². The number of H-pyrrole nitrogens is 1. The number of halogens is 1. The molecule has 0 aliphatic rings. The van der Waals surface area contributed by atoms with Crippen LogP contribution in [0, 0.1) is 0 Å². The Morgan fingerprint density at radius 2 is 2.20 bits per heavy atom. The van der Waals surface area contributed by atoms with Gasteiger partial charge in [-0.3, -0.25) is 9.59 Å². The molecule has 2 N–H and O–H groups in total. The molecule has 4 nitrogen and oxygen atoms in total. The van der Waals surface area contributed by atoms with Crippen molar-refractivity contribution >= 4 is 27.5 Å². The Morgan fingerprint density at radius 1 is 1.53 bits per heavy atom. The maximum atomic E-state index is 11.3. The summed E-state index contributed by atoms with van der Waals surface area (Å²) in [5.41, 5.74) is 0.777. The van der Waals surface area contributed by atoms with Crippen LogP contribution in [-0.4, -0.2) is 10.9 Å². The molecule has 1 aromatic rings. The summed E-state index contributed by atoms with van der Waals surface area (Å²) in [6.07, 6.45) is 2.94. The lowest BCUT2D eigenvalue weighted by atomic mass is 10.3. The SMILES string of the molecule is CC(C)=CC(=O)Nc1cc(Br)c[nH]c1=O. The van der Waals surface area contributed by atoms with Crippen molar-refractivity contribution in [1.82, 2.24) is 4.98 Å². The summed E-state index contributed by atoms with van der Waals surface area (Å²) in [6, 6.07) is 1.55. The maximum absolute atomic E-state index is 11.3. The van der Waals surface area contributed by atoms with Crippen molar-refractivity contribution in [3.05, 3.63) is 38.7 Å². The van der Waals surface area contributed by atoms with Gasteiger partial charge in [0.05, 0.1) is 0 Å². The van der Waals surface area contributed by atoms with Crippen molar-refractivity contribution in [3.63, 3.8) is 0 Å². The minimum atomic E-state index is -0.325. The molecule has 5 heteroatoms. The first-order chi connectivity index (χ1) is 6.99. The summed E-state index contributed by atoms with van der Waals surface area (Å²) in [5, 5.41) is 2.49. The maximum Gasteiger partial charge on any atom is 0.271 e. The van der Waals surface area contributed by atoms with E-state index in [1.54, 1.807) is 6.07 Å². The summed E-state index contributed by atoms with van der Waals surface area (Å²) in [5.74, 6) is -0.307. The number of amides is 1. The van der Waals surface area contributed by atoms with Crippen LogP contribution in [0.5, 0.6) is 0 Å². The van der Waals surface area contributed by atoms with Crippen molar-refractivity contribution in [3.8, 4) is 0 Å². The van der Waals surface area contributed by atoms with Gasteiger partial charge < -0.3 is 10.3 Å². The molecular formula is C10H11BrN2O2. The molecule has 0 radical (unpaired) electrons. The molecule has 0 aliphatic heterocycles. The van der Waals surface area contributed by atoms with Gasteiger partial charge in [0.2, 0.25) is 5.91 Å². The second-order valence-electron chi connectivity index (χ2n) is 3.27. The molecular weight excluding hydrogens is 260 g/mol. The lowest BCUT2D eigenvalue weighted by Gasteiger charge is -2.01. The Hall–Kier alpha value is -1.36. The molecule has 1 aromatic heterocycles. The third kappa shape index (κ3) is 3.71. The number of carbonyl (C=O) groups is 1. The fourth-order valence-corrected chi connectivity index (χ4v) is 1.32. The van der Waals surface area contributed by atoms with Crippen LogP contribution in [0.2, 0.25) is 0 Å². The third-order valence-corrected chi connectivity index (χ3v) is 2.00. The third-order valence-electron chi connectivity index (χ3n) is 1.55. The molecule has 0 saturated heterocycles. The van der Waals surface area contributed by atoms with Crippen LogP contribution in [0.4, 0.5) is 5.69 Å². The topological polar surface area (TPSA) is 62.0 Å². The van der Waals surface area contributed by atoms with Gasteiger partial charge >= 0.3 is 0 Å². The zero-order valence-corrected chi connectivity index (χ0v) is 10.0. The standard InChI is InChI=1S/C10H11BrN2O2/c1-6(2)3-9(14)13-8-4-7(11)5-12-10(8)15/h3-5H,1-2H3,(H,12,15)(H,13,14). The summed E-state index contributed by atoms with van der Waals surface area (Å²) in [4.78, 5) is 25.1. The zero-order chi connectivity index (χ0) is 11.4. The van der Waals surface area contributed by atoms with E-state index in [-0.39, 0.29) is 17.2 Å². The van der Waals surface area contributed by atoms with Gasteiger partial charge in [0, 0.05) is 16.7 Å².